The topological polar surface area (TPSA) is 101 Å². The Hall–Kier alpha value is -2.44. The summed E-state index contributed by atoms with van der Waals surface area (Å²) in [5.74, 6) is 0.369. The third kappa shape index (κ3) is 2.79. The third-order valence-corrected chi connectivity index (χ3v) is 4.60. The van der Waals surface area contributed by atoms with E-state index in [4.69, 9.17) is 0 Å². The quantitative estimate of drug-likeness (QED) is 0.656. The maximum absolute atomic E-state index is 12.0. The predicted molar refractivity (Wildman–Crippen MR) is 77.6 cm³/mol. The van der Waals surface area contributed by atoms with E-state index in [0.29, 0.717) is 11.8 Å². The second-order valence-corrected chi connectivity index (χ2v) is 5.89. The molecular formula is C15H17N3O4. The number of nitrogens with one attached hydrogen (secondary N) is 2. The highest BCUT2D eigenvalue weighted by Crippen LogP contribution is 2.55. The summed E-state index contributed by atoms with van der Waals surface area (Å²) in [6.45, 7) is 0. The lowest BCUT2D eigenvalue weighted by atomic mass is 10.0. The van der Waals surface area contributed by atoms with E-state index in [1.165, 1.54) is 37.1 Å². The Morgan fingerprint density at radius 1 is 1.05 bits per heavy atom. The number of benzene rings is 1. The molecule has 0 aromatic heterocycles. The van der Waals surface area contributed by atoms with Gasteiger partial charge in [0.1, 0.15) is 0 Å². The Morgan fingerprint density at radius 2 is 1.64 bits per heavy atom. The van der Waals surface area contributed by atoms with E-state index in [1.807, 2.05) is 0 Å². The number of carbonyl (C=O) groups excluding carboxylic acids is 2. The molecule has 0 heterocycles. The third-order valence-electron chi connectivity index (χ3n) is 4.60. The predicted octanol–water partition coefficient (Wildman–Crippen LogP) is 1.79. The van der Waals surface area contributed by atoms with E-state index in [2.05, 4.69) is 10.9 Å². The summed E-state index contributed by atoms with van der Waals surface area (Å²) in [7, 11) is 0. The molecule has 0 saturated heterocycles. The molecule has 7 heteroatoms. The van der Waals surface area contributed by atoms with E-state index in [1.54, 1.807) is 0 Å². The van der Waals surface area contributed by atoms with Gasteiger partial charge in [0.2, 0.25) is 5.91 Å². The van der Waals surface area contributed by atoms with Crippen molar-refractivity contribution in [1.29, 1.82) is 0 Å². The molecule has 0 bridgehead atoms. The van der Waals surface area contributed by atoms with Crippen molar-refractivity contribution < 1.29 is 14.5 Å². The summed E-state index contributed by atoms with van der Waals surface area (Å²) < 4.78 is 0. The molecule has 3 rings (SSSR count). The number of nitrogens with zero attached hydrogens (tertiary/aromatic N) is 1. The van der Waals surface area contributed by atoms with E-state index in [0.717, 1.165) is 12.8 Å². The van der Waals surface area contributed by atoms with Crippen molar-refractivity contribution in [2.24, 2.45) is 17.8 Å². The van der Waals surface area contributed by atoms with Crippen LogP contribution in [0.15, 0.2) is 24.3 Å². The summed E-state index contributed by atoms with van der Waals surface area (Å²) in [5.41, 5.74) is 5.02. The summed E-state index contributed by atoms with van der Waals surface area (Å²) in [4.78, 5) is 33.9. The van der Waals surface area contributed by atoms with E-state index < -0.39 is 10.8 Å². The SMILES string of the molecule is O=C(NNC(=O)C1[C@@H]2CCCC[C@@H]12)c1ccc([N+](=O)[O-])cc1. The van der Waals surface area contributed by atoms with Gasteiger partial charge in [-0.15, -0.1) is 0 Å². The van der Waals surface area contributed by atoms with E-state index >= 15 is 0 Å². The lowest BCUT2D eigenvalue weighted by Crippen LogP contribution is -2.42. The molecule has 2 saturated carbocycles. The van der Waals surface area contributed by atoms with Gasteiger partial charge in [-0.3, -0.25) is 30.6 Å². The summed E-state index contributed by atoms with van der Waals surface area (Å²) in [6.07, 6.45) is 4.55. The zero-order valence-electron chi connectivity index (χ0n) is 12.0. The molecule has 0 aliphatic heterocycles. The lowest BCUT2D eigenvalue weighted by molar-refractivity contribution is -0.384. The monoisotopic (exact) mass is 303 g/mol. The molecule has 2 amide bonds. The first-order valence-electron chi connectivity index (χ1n) is 7.42. The number of fused-ring (bicyclic) bond motifs is 1. The number of hydrogen-bond donors (Lipinski definition) is 2. The van der Waals surface area contributed by atoms with Crippen LogP contribution in [-0.2, 0) is 4.79 Å². The molecule has 116 valence electrons. The standard InChI is InChI=1S/C15H17N3O4/c19-14(9-5-7-10(8-6-9)18(21)22)16-17-15(20)13-11-3-1-2-4-12(11)13/h5-8,11-13H,1-4H2,(H,16,19)(H,17,20)/t11-,12-/m1/s1. The van der Waals surface area contributed by atoms with Crippen LogP contribution in [0.5, 0.6) is 0 Å². The summed E-state index contributed by atoms with van der Waals surface area (Å²) in [6, 6.07) is 5.23. The van der Waals surface area contributed by atoms with Crippen LogP contribution in [0.1, 0.15) is 36.0 Å². The molecule has 0 spiro atoms. The fourth-order valence-corrected chi connectivity index (χ4v) is 3.39. The Kier molecular flexibility index (Phi) is 3.79. The zero-order chi connectivity index (χ0) is 15.7. The van der Waals surface area contributed by atoms with Crippen molar-refractivity contribution in [3.8, 4) is 0 Å². The molecule has 7 nitrogen and oxygen atoms in total. The van der Waals surface area contributed by atoms with Crippen LogP contribution in [0.2, 0.25) is 0 Å². The van der Waals surface area contributed by atoms with E-state index in [-0.39, 0.29) is 23.1 Å². The Balaban J connectivity index is 1.52. The van der Waals surface area contributed by atoms with Gasteiger partial charge in [0.05, 0.1) is 4.92 Å². The maximum atomic E-state index is 12.0. The molecular weight excluding hydrogens is 286 g/mol. The van der Waals surface area contributed by atoms with Gasteiger partial charge in [-0.05, 0) is 36.8 Å². The van der Waals surface area contributed by atoms with Crippen molar-refractivity contribution in [3.63, 3.8) is 0 Å². The van der Waals surface area contributed by atoms with Gasteiger partial charge < -0.3 is 0 Å². The van der Waals surface area contributed by atoms with Gasteiger partial charge in [0, 0.05) is 23.6 Å². The minimum absolute atomic E-state index is 0.0275. The minimum atomic E-state index is -0.529. The molecule has 2 aliphatic rings. The molecule has 2 fully saturated rings. The number of nitro benzene ring substituents is 1. The largest absolute Gasteiger partial charge is 0.273 e. The Morgan fingerprint density at radius 3 is 2.18 bits per heavy atom. The highest BCUT2D eigenvalue weighted by molar-refractivity contribution is 5.96. The van der Waals surface area contributed by atoms with Crippen LogP contribution >= 0.6 is 0 Å². The molecule has 1 aromatic carbocycles. The summed E-state index contributed by atoms with van der Waals surface area (Å²) in [5, 5.41) is 10.6. The van der Waals surface area contributed by atoms with Gasteiger partial charge in [-0.25, -0.2) is 0 Å². The normalized spacial score (nSPS) is 25.7. The number of amides is 2. The van der Waals surface area contributed by atoms with Crippen molar-refractivity contribution in [3.05, 3.63) is 39.9 Å². The van der Waals surface area contributed by atoms with Gasteiger partial charge >= 0.3 is 0 Å². The van der Waals surface area contributed by atoms with Crippen LogP contribution in [0, 0.1) is 27.9 Å². The number of hydrazine groups is 1. The Labute approximate surface area is 127 Å². The molecule has 2 N–H and O–H groups in total. The van der Waals surface area contributed by atoms with Crippen LogP contribution in [-0.4, -0.2) is 16.7 Å². The second kappa shape index (κ2) is 5.75. The number of non-ortho nitro benzene ring substituents is 1. The van der Waals surface area contributed by atoms with E-state index in [9.17, 15) is 19.7 Å². The Bertz CT molecular complexity index is 602. The average Bonchev–Trinajstić information content (AvgIpc) is 3.27. The van der Waals surface area contributed by atoms with Gasteiger partial charge in [-0.2, -0.15) is 0 Å². The van der Waals surface area contributed by atoms with Crippen molar-refractivity contribution >= 4 is 17.5 Å². The fourth-order valence-electron chi connectivity index (χ4n) is 3.39. The molecule has 2 atom stereocenters. The maximum Gasteiger partial charge on any atom is 0.269 e. The van der Waals surface area contributed by atoms with Gasteiger partial charge in [-0.1, -0.05) is 12.8 Å². The van der Waals surface area contributed by atoms with Crippen molar-refractivity contribution in [1.82, 2.24) is 10.9 Å². The average molecular weight is 303 g/mol. The van der Waals surface area contributed by atoms with Gasteiger partial charge in [0.25, 0.3) is 11.6 Å². The summed E-state index contributed by atoms with van der Waals surface area (Å²) >= 11 is 0. The van der Waals surface area contributed by atoms with Crippen LogP contribution in [0.25, 0.3) is 0 Å². The first-order valence-corrected chi connectivity index (χ1v) is 7.42. The number of hydrogen-bond acceptors (Lipinski definition) is 4. The first-order chi connectivity index (χ1) is 10.6. The zero-order valence-corrected chi connectivity index (χ0v) is 12.0. The smallest absolute Gasteiger partial charge is 0.269 e. The molecule has 0 radical (unpaired) electrons. The number of nitro groups is 1. The number of carbonyl (C=O) groups is 2. The molecule has 22 heavy (non-hydrogen) atoms. The van der Waals surface area contributed by atoms with Crippen molar-refractivity contribution in [2.45, 2.75) is 25.7 Å². The highest BCUT2D eigenvalue weighted by Gasteiger charge is 2.54. The number of rotatable bonds is 3. The first kappa shape index (κ1) is 14.5. The van der Waals surface area contributed by atoms with Gasteiger partial charge in [0.15, 0.2) is 0 Å². The lowest BCUT2D eigenvalue weighted by Gasteiger charge is -2.07. The van der Waals surface area contributed by atoms with Crippen LogP contribution in [0.3, 0.4) is 0 Å². The van der Waals surface area contributed by atoms with Crippen molar-refractivity contribution in [2.75, 3.05) is 0 Å². The minimum Gasteiger partial charge on any atom is -0.273 e. The second-order valence-electron chi connectivity index (χ2n) is 5.89. The van der Waals surface area contributed by atoms with Crippen LogP contribution < -0.4 is 10.9 Å². The molecule has 0 unspecified atom stereocenters. The fraction of sp³-hybridized carbons (Fsp3) is 0.467. The molecule has 1 aromatic rings. The van der Waals surface area contributed by atoms with Crippen LogP contribution in [0.4, 0.5) is 5.69 Å². The highest BCUT2D eigenvalue weighted by atomic mass is 16.6. The molecule has 2 aliphatic carbocycles.